The molecule has 64 valence electrons. The van der Waals surface area contributed by atoms with Gasteiger partial charge in [0.25, 0.3) is 0 Å². The normalized spacial score (nSPS) is 37.5. The lowest BCUT2D eigenvalue weighted by atomic mass is 10.2. The second kappa shape index (κ2) is 3.34. The average molecular weight is 158 g/mol. The van der Waals surface area contributed by atoms with Gasteiger partial charge in [0.1, 0.15) is 6.10 Å². The van der Waals surface area contributed by atoms with Crippen LogP contribution in [0.25, 0.3) is 0 Å². The summed E-state index contributed by atoms with van der Waals surface area (Å²) in [6, 6.07) is 0. The van der Waals surface area contributed by atoms with Crippen LogP contribution in [0.2, 0.25) is 0 Å². The molecule has 1 aliphatic heterocycles. The highest BCUT2D eigenvalue weighted by atomic mass is 16.7. The van der Waals surface area contributed by atoms with Gasteiger partial charge in [0.2, 0.25) is 0 Å². The van der Waals surface area contributed by atoms with Gasteiger partial charge in [0, 0.05) is 6.42 Å². The maximum Gasteiger partial charge on any atom is 0.169 e. The van der Waals surface area contributed by atoms with Crippen molar-refractivity contribution in [1.82, 2.24) is 0 Å². The van der Waals surface area contributed by atoms with Crippen molar-refractivity contribution in [2.24, 2.45) is 0 Å². The number of ether oxygens (including phenoxy) is 2. The lowest BCUT2D eigenvalue weighted by molar-refractivity contribution is -0.154. The van der Waals surface area contributed by atoms with Crippen LogP contribution in [0.5, 0.6) is 0 Å². The lowest BCUT2D eigenvalue weighted by Gasteiger charge is -2.20. The van der Waals surface area contributed by atoms with Gasteiger partial charge < -0.3 is 14.6 Å². The molecule has 0 bridgehead atoms. The first-order chi connectivity index (χ1) is 5.20. The summed E-state index contributed by atoms with van der Waals surface area (Å²) >= 11 is 0. The van der Waals surface area contributed by atoms with Crippen molar-refractivity contribution >= 4 is 0 Å². The summed E-state index contributed by atoms with van der Waals surface area (Å²) in [6.07, 6.45) is 2.24. The van der Waals surface area contributed by atoms with Gasteiger partial charge in [-0.1, -0.05) is 6.08 Å². The molecule has 0 spiro atoms. The Hall–Kier alpha value is -0.380. The summed E-state index contributed by atoms with van der Waals surface area (Å²) in [6.45, 7) is 5.94. The fourth-order valence-corrected chi connectivity index (χ4v) is 1.15. The molecule has 2 atom stereocenters. The fourth-order valence-electron chi connectivity index (χ4n) is 1.15. The van der Waals surface area contributed by atoms with Crippen LogP contribution in [-0.2, 0) is 9.47 Å². The predicted octanol–water partition coefficient (Wildman–Crippen LogP) is 0.686. The average Bonchev–Trinajstić information content (AvgIpc) is 2.33. The SMILES string of the molecule is C=CCC1(C)OCC(CO)O1. The Kier molecular flexibility index (Phi) is 2.65. The van der Waals surface area contributed by atoms with Gasteiger partial charge in [-0.3, -0.25) is 0 Å². The van der Waals surface area contributed by atoms with E-state index < -0.39 is 5.79 Å². The highest BCUT2D eigenvalue weighted by molar-refractivity contribution is 4.82. The third-order valence-corrected chi connectivity index (χ3v) is 1.71. The van der Waals surface area contributed by atoms with Crippen molar-refractivity contribution in [2.45, 2.75) is 25.2 Å². The second-order valence-electron chi connectivity index (χ2n) is 2.86. The summed E-state index contributed by atoms with van der Waals surface area (Å²) in [5.74, 6) is -0.560. The second-order valence-corrected chi connectivity index (χ2v) is 2.86. The predicted molar refractivity (Wildman–Crippen MR) is 41.1 cm³/mol. The highest BCUT2D eigenvalue weighted by Gasteiger charge is 2.35. The van der Waals surface area contributed by atoms with Gasteiger partial charge in [0.05, 0.1) is 13.2 Å². The van der Waals surface area contributed by atoms with Crippen LogP contribution < -0.4 is 0 Å². The Morgan fingerprint density at radius 1 is 1.82 bits per heavy atom. The van der Waals surface area contributed by atoms with Crippen molar-refractivity contribution in [3.05, 3.63) is 12.7 Å². The van der Waals surface area contributed by atoms with Gasteiger partial charge in [-0.2, -0.15) is 0 Å². The first kappa shape index (κ1) is 8.71. The Balaban J connectivity index is 2.43. The van der Waals surface area contributed by atoms with Gasteiger partial charge >= 0.3 is 0 Å². The molecule has 1 rings (SSSR count). The van der Waals surface area contributed by atoms with E-state index in [1.54, 1.807) is 6.08 Å². The Morgan fingerprint density at radius 3 is 3.00 bits per heavy atom. The minimum atomic E-state index is -0.560. The van der Waals surface area contributed by atoms with E-state index in [0.29, 0.717) is 13.0 Å². The number of aliphatic hydroxyl groups excluding tert-OH is 1. The van der Waals surface area contributed by atoms with Crippen LogP contribution in [0.15, 0.2) is 12.7 Å². The van der Waals surface area contributed by atoms with E-state index >= 15 is 0 Å². The van der Waals surface area contributed by atoms with Crippen LogP contribution >= 0.6 is 0 Å². The van der Waals surface area contributed by atoms with E-state index in [1.165, 1.54) is 0 Å². The molecule has 2 unspecified atom stereocenters. The van der Waals surface area contributed by atoms with Crippen molar-refractivity contribution in [3.63, 3.8) is 0 Å². The highest BCUT2D eigenvalue weighted by Crippen LogP contribution is 2.26. The first-order valence-corrected chi connectivity index (χ1v) is 3.74. The number of hydrogen-bond donors (Lipinski definition) is 1. The zero-order chi connectivity index (χ0) is 8.32. The zero-order valence-corrected chi connectivity index (χ0v) is 6.75. The van der Waals surface area contributed by atoms with Crippen molar-refractivity contribution in [1.29, 1.82) is 0 Å². The minimum absolute atomic E-state index is 0.0206. The topological polar surface area (TPSA) is 38.7 Å². The molecule has 11 heavy (non-hydrogen) atoms. The van der Waals surface area contributed by atoms with Crippen molar-refractivity contribution in [3.8, 4) is 0 Å². The van der Waals surface area contributed by atoms with E-state index in [0.717, 1.165) is 0 Å². The maximum atomic E-state index is 8.74. The summed E-state index contributed by atoms with van der Waals surface area (Å²) < 4.78 is 10.7. The van der Waals surface area contributed by atoms with E-state index in [-0.39, 0.29) is 12.7 Å². The standard InChI is InChI=1S/C8H14O3/c1-3-4-8(2)10-6-7(5-9)11-8/h3,7,9H,1,4-6H2,2H3. The third kappa shape index (κ3) is 2.02. The van der Waals surface area contributed by atoms with E-state index in [4.69, 9.17) is 14.6 Å². The molecule has 0 saturated carbocycles. The molecule has 0 aromatic carbocycles. The molecule has 1 N–H and O–H groups in total. The van der Waals surface area contributed by atoms with Crippen LogP contribution in [0.3, 0.4) is 0 Å². The van der Waals surface area contributed by atoms with Crippen LogP contribution in [0.4, 0.5) is 0 Å². The van der Waals surface area contributed by atoms with Crippen LogP contribution in [0.1, 0.15) is 13.3 Å². The fraction of sp³-hybridized carbons (Fsp3) is 0.750. The van der Waals surface area contributed by atoms with E-state index in [1.807, 2.05) is 6.92 Å². The molecule has 1 heterocycles. The smallest absolute Gasteiger partial charge is 0.169 e. The van der Waals surface area contributed by atoms with Crippen LogP contribution in [0, 0.1) is 0 Å². The van der Waals surface area contributed by atoms with Crippen molar-refractivity contribution < 1.29 is 14.6 Å². The Labute approximate surface area is 66.6 Å². The Morgan fingerprint density at radius 2 is 2.55 bits per heavy atom. The molecular weight excluding hydrogens is 144 g/mol. The molecule has 1 saturated heterocycles. The molecule has 3 nitrogen and oxygen atoms in total. The zero-order valence-electron chi connectivity index (χ0n) is 6.75. The van der Waals surface area contributed by atoms with Gasteiger partial charge in [-0.15, -0.1) is 6.58 Å². The number of aliphatic hydroxyl groups is 1. The molecular formula is C8H14O3. The van der Waals surface area contributed by atoms with Gasteiger partial charge in [0.15, 0.2) is 5.79 Å². The van der Waals surface area contributed by atoms with E-state index in [2.05, 4.69) is 6.58 Å². The van der Waals surface area contributed by atoms with Crippen molar-refractivity contribution in [2.75, 3.05) is 13.2 Å². The summed E-state index contributed by atoms with van der Waals surface area (Å²) in [5, 5.41) is 8.74. The monoisotopic (exact) mass is 158 g/mol. The minimum Gasteiger partial charge on any atom is -0.394 e. The molecule has 3 heteroatoms. The Bertz CT molecular complexity index is 146. The van der Waals surface area contributed by atoms with Crippen LogP contribution in [-0.4, -0.2) is 30.2 Å². The van der Waals surface area contributed by atoms with E-state index in [9.17, 15) is 0 Å². The first-order valence-electron chi connectivity index (χ1n) is 3.74. The lowest BCUT2D eigenvalue weighted by Crippen LogP contribution is -2.26. The molecule has 0 aromatic rings. The molecule has 0 aromatic heterocycles. The largest absolute Gasteiger partial charge is 0.394 e. The summed E-state index contributed by atoms with van der Waals surface area (Å²) in [7, 11) is 0. The van der Waals surface area contributed by atoms with Gasteiger partial charge in [-0.05, 0) is 6.92 Å². The molecule has 1 aliphatic rings. The maximum absolute atomic E-state index is 8.74. The molecule has 0 amide bonds. The molecule has 1 fully saturated rings. The van der Waals surface area contributed by atoms with Gasteiger partial charge in [-0.25, -0.2) is 0 Å². The number of hydrogen-bond acceptors (Lipinski definition) is 3. The molecule has 0 radical (unpaired) electrons. The number of rotatable bonds is 3. The quantitative estimate of drug-likeness (QED) is 0.614. The third-order valence-electron chi connectivity index (χ3n) is 1.71. The molecule has 0 aliphatic carbocycles. The summed E-state index contributed by atoms with van der Waals surface area (Å²) in [5.41, 5.74) is 0. The summed E-state index contributed by atoms with van der Waals surface area (Å²) in [4.78, 5) is 0.